The lowest BCUT2D eigenvalue weighted by Crippen LogP contribution is -1.91. The van der Waals surface area contributed by atoms with Gasteiger partial charge in [-0.25, -0.2) is 4.39 Å². The van der Waals surface area contributed by atoms with E-state index in [1.54, 1.807) is 18.2 Å². The summed E-state index contributed by atoms with van der Waals surface area (Å²) in [5.74, 6) is -0.277. The zero-order valence-electron chi connectivity index (χ0n) is 9.66. The van der Waals surface area contributed by atoms with Crippen molar-refractivity contribution in [1.82, 2.24) is 0 Å². The average Bonchev–Trinajstić information content (AvgIpc) is 2.30. The van der Waals surface area contributed by atoms with Crippen molar-refractivity contribution in [3.05, 3.63) is 35.6 Å². The second-order valence-electron chi connectivity index (χ2n) is 3.65. The Balaban J connectivity index is 2.20. The summed E-state index contributed by atoms with van der Waals surface area (Å²) >= 11 is 0. The molecule has 0 N–H and O–H groups in total. The van der Waals surface area contributed by atoms with Crippen LogP contribution in [0.5, 0.6) is 0 Å². The molecule has 1 aromatic carbocycles. The van der Waals surface area contributed by atoms with E-state index >= 15 is 0 Å². The number of unbranched alkanes of at least 4 members (excludes halogenated alkanes) is 3. The first kappa shape index (κ1) is 12.7. The van der Waals surface area contributed by atoms with E-state index in [0.717, 1.165) is 12.8 Å². The van der Waals surface area contributed by atoms with Crippen LogP contribution in [0.15, 0.2) is 29.4 Å². The van der Waals surface area contributed by atoms with E-state index in [1.165, 1.54) is 25.1 Å². The van der Waals surface area contributed by atoms with Crippen molar-refractivity contribution in [3.8, 4) is 0 Å². The normalized spacial score (nSPS) is 10.9. The largest absolute Gasteiger partial charge is 0.396 e. The minimum absolute atomic E-state index is 0.277. The van der Waals surface area contributed by atoms with E-state index in [2.05, 4.69) is 12.1 Å². The molecular weight excluding hydrogens is 205 g/mol. The Morgan fingerprint density at radius 2 is 2.06 bits per heavy atom. The Morgan fingerprint density at radius 3 is 2.81 bits per heavy atom. The Kier molecular flexibility index (Phi) is 6.23. The highest BCUT2D eigenvalue weighted by molar-refractivity contribution is 5.79. The van der Waals surface area contributed by atoms with Gasteiger partial charge in [0.05, 0.1) is 6.21 Å². The highest BCUT2D eigenvalue weighted by Gasteiger charge is 1.95. The number of rotatable bonds is 7. The molecule has 3 heteroatoms. The molecule has 0 unspecified atom stereocenters. The van der Waals surface area contributed by atoms with E-state index in [9.17, 15) is 4.39 Å². The SMILES string of the molecule is CCCCCCON=Cc1ccccc1F. The first-order chi connectivity index (χ1) is 7.84. The van der Waals surface area contributed by atoms with Crippen LogP contribution in [0.25, 0.3) is 0 Å². The van der Waals surface area contributed by atoms with Crippen molar-refractivity contribution < 1.29 is 9.23 Å². The van der Waals surface area contributed by atoms with Crippen LogP contribution < -0.4 is 0 Å². The maximum atomic E-state index is 13.1. The molecule has 0 aliphatic heterocycles. The van der Waals surface area contributed by atoms with Gasteiger partial charge in [-0.1, -0.05) is 43.1 Å². The fourth-order valence-electron chi connectivity index (χ4n) is 1.32. The van der Waals surface area contributed by atoms with Gasteiger partial charge in [0, 0.05) is 5.56 Å². The molecule has 0 amide bonds. The molecule has 1 aromatic rings. The number of oxime groups is 1. The van der Waals surface area contributed by atoms with Gasteiger partial charge < -0.3 is 4.84 Å². The maximum absolute atomic E-state index is 13.1. The molecule has 0 saturated heterocycles. The lowest BCUT2D eigenvalue weighted by Gasteiger charge is -1.98. The van der Waals surface area contributed by atoms with Crippen LogP contribution in [-0.2, 0) is 4.84 Å². The molecule has 0 aromatic heterocycles. The van der Waals surface area contributed by atoms with Crippen LogP contribution in [0.1, 0.15) is 38.2 Å². The summed E-state index contributed by atoms with van der Waals surface area (Å²) in [5, 5.41) is 3.74. The van der Waals surface area contributed by atoms with Crippen LogP contribution in [0.2, 0.25) is 0 Å². The summed E-state index contributed by atoms with van der Waals surface area (Å²) in [6.45, 7) is 2.77. The van der Waals surface area contributed by atoms with Crippen LogP contribution >= 0.6 is 0 Å². The highest BCUT2D eigenvalue weighted by atomic mass is 19.1. The molecule has 88 valence electrons. The highest BCUT2D eigenvalue weighted by Crippen LogP contribution is 2.03. The van der Waals surface area contributed by atoms with Crippen LogP contribution in [0, 0.1) is 5.82 Å². The van der Waals surface area contributed by atoms with Gasteiger partial charge in [-0.15, -0.1) is 0 Å². The summed E-state index contributed by atoms with van der Waals surface area (Å²) in [5.41, 5.74) is 0.455. The molecule has 0 heterocycles. The first-order valence-corrected chi connectivity index (χ1v) is 5.74. The van der Waals surface area contributed by atoms with Crippen LogP contribution in [-0.4, -0.2) is 12.8 Å². The van der Waals surface area contributed by atoms with Crippen molar-refractivity contribution in [3.63, 3.8) is 0 Å². The third kappa shape index (κ3) is 4.91. The maximum Gasteiger partial charge on any atom is 0.132 e. The van der Waals surface area contributed by atoms with E-state index < -0.39 is 0 Å². The molecule has 0 fully saturated rings. The number of halogens is 1. The van der Waals surface area contributed by atoms with Crippen molar-refractivity contribution in [1.29, 1.82) is 0 Å². The van der Waals surface area contributed by atoms with Gasteiger partial charge in [0.2, 0.25) is 0 Å². The summed E-state index contributed by atoms with van der Waals surface area (Å²) < 4.78 is 13.1. The van der Waals surface area contributed by atoms with Crippen molar-refractivity contribution in [2.75, 3.05) is 6.61 Å². The van der Waals surface area contributed by atoms with E-state index in [0.29, 0.717) is 12.2 Å². The zero-order chi connectivity index (χ0) is 11.6. The fraction of sp³-hybridized carbons (Fsp3) is 0.462. The minimum atomic E-state index is -0.277. The van der Waals surface area contributed by atoms with Gasteiger partial charge in [-0.05, 0) is 18.9 Å². The molecule has 0 bridgehead atoms. The molecule has 0 radical (unpaired) electrons. The van der Waals surface area contributed by atoms with Crippen LogP contribution in [0.4, 0.5) is 4.39 Å². The zero-order valence-corrected chi connectivity index (χ0v) is 9.66. The second-order valence-corrected chi connectivity index (χ2v) is 3.65. The second kappa shape index (κ2) is 7.85. The van der Waals surface area contributed by atoms with Gasteiger partial charge in [-0.3, -0.25) is 0 Å². The van der Waals surface area contributed by atoms with E-state index in [-0.39, 0.29) is 5.82 Å². The molecule has 16 heavy (non-hydrogen) atoms. The van der Waals surface area contributed by atoms with E-state index in [4.69, 9.17) is 4.84 Å². The number of benzene rings is 1. The summed E-state index contributed by atoms with van der Waals surface area (Å²) in [4.78, 5) is 5.04. The average molecular weight is 223 g/mol. The number of hydrogen-bond acceptors (Lipinski definition) is 2. The quantitative estimate of drug-likeness (QED) is 0.392. The molecule has 2 nitrogen and oxygen atoms in total. The van der Waals surface area contributed by atoms with Gasteiger partial charge >= 0.3 is 0 Å². The molecular formula is C13H18FNO. The summed E-state index contributed by atoms with van der Waals surface area (Å²) in [6.07, 6.45) is 6.00. The molecule has 0 saturated carbocycles. The first-order valence-electron chi connectivity index (χ1n) is 5.74. The predicted octanol–water partition coefficient (Wildman–Crippen LogP) is 3.76. The van der Waals surface area contributed by atoms with E-state index in [1.807, 2.05) is 0 Å². The van der Waals surface area contributed by atoms with Gasteiger partial charge in [0.1, 0.15) is 12.4 Å². The monoisotopic (exact) mass is 223 g/mol. The molecule has 0 spiro atoms. The van der Waals surface area contributed by atoms with Crippen molar-refractivity contribution in [2.45, 2.75) is 32.6 Å². The molecule has 1 rings (SSSR count). The van der Waals surface area contributed by atoms with Gasteiger partial charge in [0.25, 0.3) is 0 Å². The topological polar surface area (TPSA) is 21.6 Å². The fourth-order valence-corrected chi connectivity index (χ4v) is 1.32. The number of nitrogens with zero attached hydrogens (tertiary/aromatic N) is 1. The van der Waals surface area contributed by atoms with Gasteiger partial charge in [-0.2, -0.15) is 0 Å². The third-order valence-corrected chi connectivity index (χ3v) is 2.26. The Hall–Kier alpha value is -1.38. The Labute approximate surface area is 96.1 Å². The van der Waals surface area contributed by atoms with Crippen LogP contribution in [0.3, 0.4) is 0 Å². The standard InChI is InChI=1S/C13H18FNO/c1-2-3-4-7-10-16-15-11-12-8-5-6-9-13(12)14/h5-6,8-9,11H,2-4,7,10H2,1H3. The van der Waals surface area contributed by atoms with Crippen molar-refractivity contribution >= 4 is 6.21 Å². The Morgan fingerprint density at radius 1 is 1.25 bits per heavy atom. The molecule has 0 aliphatic carbocycles. The lowest BCUT2D eigenvalue weighted by molar-refractivity contribution is 0.141. The third-order valence-electron chi connectivity index (χ3n) is 2.26. The predicted molar refractivity (Wildman–Crippen MR) is 64.1 cm³/mol. The van der Waals surface area contributed by atoms with Crippen molar-refractivity contribution in [2.24, 2.45) is 5.16 Å². The van der Waals surface area contributed by atoms with Gasteiger partial charge in [0.15, 0.2) is 0 Å². The molecule has 0 atom stereocenters. The summed E-state index contributed by atoms with van der Waals surface area (Å²) in [6, 6.07) is 6.49. The Bertz CT molecular complexity index is 325. The smallest absolute Gasteiger partial charge is 0.132 e. The lowest BCUT2D eigenvalue weighted by atomic mass is 10.2. The minimum Gasteiger partial charge on any atom is -0.396 e. The summed E-state index contributed by atoms with van der Waals surface area (Å²) in [7, 11) is 0. The number of hydrogen-bond donors (Lipinski definition) is 0. The molecule has 0 aliphatic rings.